The van der Waals surface area contributed by atoms with Crippen LogP contribution < -0.4 is 14.2 Å². The normalized spacial score (nSPS) is 13.3. The number of nitrogens with zero attached hydrogens (tertiary/aromatic N) is 2. The molecule has 1 amide bonds. The lowest BCUT2D eigenvalue weighted by Gasteiger charge is -2.18. The summed E-state index contributed by atoms with van der Waals surface area (Å²) in [6.45, 7) is 1.47. The van der Waals surface area contributed by atoms with Gasteiger partial charge in [-0.15, -0.1) is 0 Å². The number of carbonyl (C=O) groups excluding carboxylic acids is 1. The van der Waals surface area contributed by atoms with E-state index >= 15 is 0 Å². The minimum absolute atomic E-state index is 0.0555. The van der Waals surface area contributed by atoms with Crippen molar-refractivity contribution in [1.29, 1.82) is 0 Å². The van der Waals surface area contributed by atoms with Gasteiger partial charge in [-0.3, -0.25) is 9.78 Å². The highest BCUT2D eigenvalue weighted by Crippen LogP contribution is 2.46. The van der Waals surface area contributed by atoms with E-state index in [9.17, 15) is 14.7 Å². The molecule has 0 atom stereocenters. The smallest absolute Gasteiger partial charge is 0.339 e. The Balaban J connectivity index is 2.15. The quantitative estimate of drug-likeness (QED) is 0.815. The van der Waals surface area contributed by atoms with Crippen LogP contribution in [0.15, 0.2) is 24.4 Å². The van der Waals surface area contributed by atoms with Crippen LogP contribution in [0.1, 0.15) is 33.6 Å². The Morgan fingerprint density at radius 1 is 1.00 bits per heavy atom. The van der Waals surface area contributed by atoms with E-state index in [0.29, 0.717) is 16.8 Å². The first-order chi connectivity index (χ1) is 13.5. The molecule has 0 bridgehead atoms. The summed E-state index contributed by atoms with van der Waals surface area (Å²) in [6, 6.07) is 4.69. The fraction of sp³-hybridized carbons (Fsp3) is 0.350. The highest BCUT2D eigenvalue weighted by molar-refractivity contribution is 5.98. The van der Waals surface area contributed by atoms with Gasteiger partial charge in [-0.25, -0.2) is 4.79 Å². The van der Waals surface area contributed by atoms with E-state index in [4.69, 9.17) is 14.2 Å². The Kier molecular flexibility index (Phi) is 5.67. The van der Waals surface area contributed by atoms with Crippen LogP contribution in [0.25, 0.3) is 11.3 Å². The number of hydrogen-bond donors (Lipinski definition) is 1. The highest BCUT2D eigenvalue weighted by atomic mass is 16.5. The fourth-order valence-electron chi connectivity index (χ4n) is 3.38. The van der Waals surface area contributed by atoms with E-state index in [2.05, 4.69) is 4.98 Å². The fourth-order valence-corrected chi connectivity index (χ4v) is 3.38. The van der Waals surface area contributed by atoms with E-state index in [0.717, 1.165) is 25.9 Å². The third-order valence-electron chi connectivity index (χ3n) is 4.71. The summed E-state index contributed by atoms with van der Waals surface area (Å²) in [6.07, 6.45) is 3.51. The van der Waals surface area contributed by atoms with Crippen LogP contribution in [0.5, 0.6) is 17.2 Å². The molecular weight excluding hydrogens is 364 g/mol. The zero-order valence-corrected chi connectivity index (χ0v) is 16.0. The molecule has 3 rings (SSSR count). The number of carbonyl (C=O) groups is 2. The molecule has 1 fully saturated rings. The SMILES string of the molecule is COc1c(C(=O)O)cc(-c2cc(C(=O)N3CCCC3)ccn2)c(OC)c1OC. The second-order valence-corrected chi connectivity index (χ2v) is 6.31. The molecule has 0 radical (unpaired) electrons. The van der Waals surface area contributed by atoms with E-state index in [1.807, 2.05) is 0 Å². The van der Waals surface area contributed by atoms with Crippen molar-refractivity contribution in [3.63, 3.8) is 0 Å². The van der Waals surface area contributed by atoms with Crippen LogP contribution in [0, 0.1) is 0 Å². The number of carboxylic acid groups (broad SMARTS) is 1. The molecule has 0 unspecified atom stereocenters. The molecule has 1 aromatic heterocycles. The van der Waals surface area contributed by atoms with Crippen molar-refractivity contribution < 1.29 is 28.9 Å². The Morgan fingerprint density at radius 2 is 1.64 bits per heavy atom. The summed E-state index contributed by atoms with van der Waals surface area (Å²) in [5.41, 5.74) is 1.20. The summed E-state index contributed by atoms with van der Waals surface area (Å²) in [5, 5.41) is 9.58. The van der Waals surface area contributed by atoms with Gasteiger partial charge in [-0.1, -0.05) is 0 Å². The molecule has 8 nitrogen and oxygen atoms in total. The number of benzene rings is 1. The summed E-state index contributed by atoms with van der Waals surface area (Å²) < 4.78 is 16.0. The lowest BCUT2D eigenvalue weighted by atomic mass is 10.0. The Hall–Kier alpha value is -3.29. The van der Waals surface area contributed by atoms with Crippen molar-refractivity contribution in [3.8, 4) is 28.5 Å². The molecule has 0 saturated carbocycles. The predicted molar refractivity (Wildman–Crippen MR) is 101 cm³/mol. The molecule has 0 spiro atoms. The van der Waals surface area contributed by atoms with Crippen LogP contribution in [-0.4, -0.2) is 61.3 Å². The number of likely N-dealkylation sites (tertiary alicyclic amines) is 1. The maximum Gasteiger partial charge on any atom is 0.339 e. The van der Waals surface area contributed by atoms with Gasteiger partial charge < -0.3 is 24.2 Å². The van der Waals surface area contributed by atoms with Gasteiger partial charge in [0.05, 0.1) is 27.0 Å². The van der Waals surface area contributed by atoms with Crippen molar-refractivity contribution in [3.05, 3.63) is 35.5 Å². The van der Waals surface area contributed by atoms with Crippen molar-refractivity contribution in [2.45, 2.75) is 12.8 Å². The van der Waals surface area contributed by atoms with E-state index in [1.54, 1.807) is 17.0 Å². The summed E-state index contributed by atoms with van der Waals surface area (Å²) >= 11 is 0. The molecule has 1 aliphatic rings. The molecule has 2 aromatic rings. The predicted octanol–water partition coefficient (Wildman–Crippen LogP) is 2.71. The summed E-state index contributed by atoms with van der Waals surface area (Å²) in [4.78, 5) is 30.6. The van der Waals surface area contributed by atoms with Gasteiger partial charge in [-0.2, -0.15) is 0 Å². The van der Waals surface area contributed by atoms with Gasteiger partial charge in [0.15, 0.2) is 11.5 Å². The Morgan fingerprint density at radius 3 is 2.21 bits per heavy atom. The molecule has 148 valence electrons. The van der Waals surface area contributed by atoms with Gasteiger partial charge in [0, 0.05) is 30.4 Å². The van der Waals surface area contributed by atoms with Crippen LogP contribution in [0.3, 0.4) is 0 Å². The number of aromatic carboxylic acids is 1. The number of ether oxygens (including phenoxy) is 3. The van der Waals surface area contributed by atoms with Crippen molar-refractivity contribution in [2.24, 2.45) is 0 Å². The number of carboxylic acids is 1. The van der Waals surface area contributed by atoms with E-state index < -0.39 is 5.97 Å². The number of aromatic nitrogens is 1. The van der Waals surface area contributed by atoms with Gasteiger partial charge >= 0.3 is 5.97 Å². The van der Waals surface area contributed by atoms with Gasteiger partial charge in [-0.05, 0) is 31.0 Å². The molecule has 0 aliphatic carbocycles. The zero-order chi connectivity index (χ0) is 20.3. The highest BCUT2D eigenvalue weighted by Gasteiger charge is 2.26. The average Bonchev–Trinajstić information content (AvgIpc) is 3.26. The van der Waals surface area contributed by atoms with E-state index in [-0.39, 0.29) is 28.7 Å². The van der Waals surface area contributed by atoms with Gasteiger partial charge in [0.2, 0.25) is 5.75 Å². The number of hydrogen-bond acceptors (Lipinski definition) is 6. The first-order valence-electron chi connectivity index (χ1n) is 8.83. The molecule has 8 heteroatoms. The summed E-state index contributed by atoms with van der Waals surface area (Å²) in [5.74, 6) is -0.761. The minimum atomic E-state index is -1.18. The maximum atomic E-state index is 12.7. The number of methoxy groups -OCH3 is 3. The number of pyridine rings is 1. The van der Waals surface area contributed by atoms with E-state index in [1.165, 1.54) is 33.6 Å². The monoisotopic (exact) mass is 386 g/mol. The van der Waals surface area contributed by atoms with Crippen molar-refractivity contribution in [2.75, 3.05) is 34.4 Å². The van der Waals surface area contributed by atoms with Gasteiger partial charge in [0.25, 0.3) is 5.91 Å². The third kappa shape index (κ3) is 3.45. The minimum Gasteiger partial charge on any atom is -0.492 e. The van der Waals surface area contributed by atoms with Crippen LogP contribution in [0.4, 0.5) is 0 Å². The Bertz CT molecular complexity index is 906. The lowest BCUT2D eigenvalue weighted by molar-refractivity contribution is 0.0691. The average molecular weight is 386 g/mol. The van der Waals surface area contributed by atoms with Gasteiger partial charge in [0.1, 0.15) is 5.56 Å². The molecule has 2 heterocycles. The Labute approximate surface area is 162 Å². The second-order valence-electron chi connectivity index (χ2n) is 6.31. The van der Waals surface area contributed by atoms with Crippen LogP contribution in [-0.2, 0) is 0 Å². The van der Waals surface area contributed by atoms with Crippen LogP contribution >= 0.6 is 0 Å². The summed E-state index contributed by atoms with van der Waals surface area (Å²) in [7, 11) is 4.20. The third-order valence-corrected chi connectivity index (χ3v) is 4.71. The molecule has 28 heavy (non-hydrogen) atoms. The molecule has 1 aromatic carbocycles. The topological polar surface area (TPSA) is 98.2 Å². The largest absolute Gasteiger partial charge is 0.492 e. The molecule has 1 aliphatic heterocycles. The molecule has 1 saturated heterocycles. The standard InChI is InChI=1S/C20H22N2O6/c1-26-16-13(11-14(20(24)25)17(27-2)18(16)28-3)15-10-12(6-7-21-15)19(23)22-8-4-5-9-22/h6-7,10-11H,4-5,8-9H2,1-3H3,(H,24,25). The number of rotatable bonds is 6. The van der Waals surface area contributed by atoms with Crippen molar-refractivity contribution >= 4 is 11.9 Å². The first-order valence-corrected chi connectivity index (χ1v) is 8.83. The first kappa shape index (κ1) is 19.5. The maximum absolute atomic E-state index is 12.7. The zero-order valence-electron chi connectivity index (χ0n) is 16.0. The lowest BCUT2D eigenvalue weighted by Crippen LogP contribution is -2.27. The molecule has 1 N–H and O–H groups in total. The van der Waals surface area contributed by atoms with Crippen LogP contribution in [0.2, 0.25) is 0 Å². The second kappa shape index (κ2) is 8.16. The molecular formula is C20H22N2O6. The van der Waals surface area contributed by atoms with Crippen molar-refractivity contribution in [1.82, 2.24) is 9.88 Å². The number of amides is 1.